The molecule has 1 atom stereocenters. The standard InChI is InChI=1S/C14H18N2O3S2/c1-4-10(8(2)3)16-13(19)9-5-6-20-12(9)15-14(16)21-7-11(17)18/h5-6,8,10H,4,7H2,1-3H3,(H,17,18). The number of hydrogen-bond acceptors (Lipinski definition) is 5. The maximum Gasteiger partial charge on any atom is 0.313 e. The minimum Gasteiger partial charge on any atom is -0.481 e. The average Bonchev–Trinajstić information content (AvgIpc) is 2.88. The summed E-state index contributed by atoms with van der Waals surface area (Å²) in [6.45, 7) is 6.15. The van der Waals surface area contributed by atoms with Crippen LogP contribution in [0.1, 0.15) is 33.2 Å². The summed E-state index contributed by atoms with van der Waals surface area (Å²) in [5.74, 6) is -0.739. The number of fused-ring (bicyclic) bond motifs is 1. The molecule has 0 radical (unpaired) electrons. The SMILES string of the molecule is CCC(C(C)C)n1c(SCC(=O)O)nc2sccc2c1=O. The van der Waals surface area contributed by atoms with Crippen LogP contribution >= 0.6 is 23.1 Å². The molecule has 5 nitrogen and oxygen atoms in total. The molecule has 0 aliphatic carbocycles. The highest BCUT2D eigenvalue weighted by atomic mass is 32.2. The lowest BCUT2D eigenvalue weighted by molar-refractivity contribution is -0.133. The van der Waals surface area contributed by atoms with Gasteiger partial charge in [-0.25, -0.2) is 4.98 Å². The number of thiophene rings is 1. The zero-order valence-electron chi connectivity index (χ0n) is 12.2. The molecular formula is C14H18N2O3S2. The third kappa shape index (κ3) is 3.29. The van der Waals surface area contributed by atoms with Gasteiger partial charge in [-0.3, -0.25) is 14.2 Å². The highest BCUT2D eigenvalue weighted by Gasteiger charge is 2.22. The van der Waals surface area contributed by atoms with Gasteiger partial charge in [-0.2, -0.15) is 0 Å². The minimum atomic E-state index is -0.912. The second kappa shape index (κ2) is 6.62. The summed E-state index contributed by atoms with van der Waals surface area (Å²) >= 11 is 2.51. The molecule has 0 fully saturated rings. The highest BCUT2D eigenvalue weighted by Crippen LogP contribution is 2.28. The Morgan fingerprint density at radius 2 is 2.24 bits per heavy atom. The van der Waals surface area contributed by atoms with Gasteiger partial charge in [0.2, 0.25) is 0 Å². The van der Waals surface area contributed by atoms with Crippen molar-refractivity contribution in [3.63, 3.8) is 0 Å². The number of carboxylic acids is 1. The molecule has 0 spiro atoms. The number of aromatic nitrogens is 2. The first kappa shape index (κ1) is 16.0. The monoisotopic (exact) mass is 326 g/mol. The van der Waals surface area contributed by atoms with E-state index in [-0.39, 0.29) is 23.3 Å². The van der Waals surface area contributed by atoms with E-state index in [0.29, 0.717) is 15.4 Å². The van der Waals surface area contributed by atoms with Crippen LogP contribution in [0, 0.1) is 5.92 Å². The molecule has 2 aromatic heterocycles. The van der Waals surface area contributed by atoms with Crippen LogP contribution in [-0.4, -0.2) is 26.4 Å². The van der Waals surface area contributed by atoms with Crippen LogP contribution in [0.25, 0.3) is 10.2 Å². The van der Waals surface area contributed by atoms with Crippen molar-refractivity contribution >= 4 is 39.3 Å². The molecule has 0 saturated carbocycles. The quantitative estimate of drug-likeness (QED) is 0.652. The summed E-state index contributed by atoms with van der Waals surface area (Å²) in [5, 5.41) is 11.8. The Morgan fingerprint density at radius 1 is 1.52 bits per heavy atom. The van der Waals surface area contributed by atoms with Gasteiger partial charge in [0, 0.05) is 6.04 Å². The van der Waals surface area contributed by atoms with Crippen molar-refractivity contribution in [1.29, 1.82) is 0 Å². The minimum absolute atomic E-state index is 0.0191. The molecule has 114 valence electrons. The van der Waals surface area contributed by atoms with Gasteiger partial charge in [0.1, 0.15) is 4.83 Å². The smallest absolute Gasteiger partial charge is 0.313 e. The highest BCUT2D eigenvalue weighted by molar-refractivity contribution is 7.99. The number of rotatable bonds is 6. The van der Waals surface area contributed by atoms with Gasteiger partial charge >= 0.3 is 5.97 Å². The summed E-state index contributed by atoms with van der Waals surface area (Å²) in [6, 6.07) is 1.80. The van der Waals surface area contributed by atoms with Crippen LogP contribution in [0.4, 0.5) is 0 Å². The molecule has 2 heterocycles. The van der Waals surface area contributed by atoms with Crippen molar-refractivity contribution < 1.29 is 9.90 Å². The molecule has 2 rings (SSSR count). The summed E-state index contributed by atoms with van der Waals surface area (Å²) in [6.07, 6.45) is 0.801. The molecule has 2 aromatic rings. The fourth-order valence-electron chi connectivity index (χ4n) is 2.38. The second-order valence-corrected chi connectivity index (χ2v) is 6.95. The van der Waals surface area contributed by atoms with E-state index < -0.39 is 5.97 Å². The molecule has 0 amide bonds. The van der Waals surface area contributed by atoms with Gasteiger partial charge in [0.15, 0.2) is 5.16 Å². The van der Waals surface area contributed by atoms with Crippen LogP contribution in [0.3, 0.4) is 0 Å². The summed E-state index contributed by atoms with van der Waals surface area (Å²) in [5.41, 5.74) is -0.0744. The van der Waals surface area contributed by atoms with Crippen molar-refractivity contribution in [1.82, 2.24) is 9.55 Å². The normalized spacial score (nSPS) is 13.0. The number of nitrogens with zero attached hydrogens (tertiary/aromatic N) is 2. The maximum absolute atomic E-state index is 12.7. The van der Waals surface area contributed by atoms with Gasteiger partial charge < -0.3 is 5.11 Å². The van der Waals surface area contributed by atoms with Crippen molar-refractivity contribution in [2.24, 2.45) is 5.92 Å². The lowest BCUT2D eigenvalue weighted by Crippen LogP contribution is -2.30. The molecule has 1 unspecified atom stereocenters. The van der Waals surface area contributed by atoms with E-state index in [9.17, 15) is 9.59 Å². The van der Waals surface area contributed by atoms with E-state index in [4.69, 9.17) is 5.11 Å². The summed E-state index contributed by atoms with van der Waals surface area (Å²) in [7, 11) is 0. The van der Waals surface area contributed by atoms with Crippen molar-refractivity contribution in [3.8, 4) is 0 Å². The van der Waals surface area contributed by atoms with Gasteiger partial charge in [-0.1, -0.05) is 32.5 Å². The Hall–Kier alpha value is -1.34. The van der Waals surface area contributed by atoms with E-state index in [0.717, 1.165) is 18.2 Å². The zero-order valence-corrected chi connectivity index (χ0v) is 13.8. The van der Waals surface area contributed by atoms with Crippen LogP contribution < -0.4 is 5.56 Å². The van der Waals surface area contributed by atoms with E-state index in [1.807, 2.05) is 12.3 Å². The largest absolute Gasteiger partial charge is 0.481 e. The van der Waals surface area contributed by atoms with Crippen LogP contribution in [0.5, 0.6) is 0 Å². The van der Waals surface area contributed by atoms with Crippen molar-refractivity contribution in [2.75, 3.05) is 5.75 Å². The average molecular weight is 326 g/mol. The molecule has 0 aromatic carbocycles. The Balaban J connectivity index is 2.62. The van der Waals surface area contributed by atoms with Crippen LogP contribution in [0.2, 0.25) is 0 Å². The van der Waals surface area contributed by atoms with Crippen LogP contribution in [0.15, 0.2) is 21.4 Å². The Labute approximate surface area is 131 Å². The summed E-state index contributed by atoms with van der Waals surface area (Å²) in [4.78, 5) is 28.7. The first-order valence-corrected chi connectivity index (χ1v) is 8.66. The number of thioether (sulfide) groups is 1. The topological polar surface area (TPSA) is 72.2 Å². The third-order valence-electron chi connectivity index (χ3n) is 3.34. The lowest BCUT2D eigenvalue weighted by Gasteiger charge is -2.24. The van der Waals surface area contributed by atoms with Gasteiger partial charge in [0.05, 0.1) is 11.1 Å². The maximum atomic E-state index is 12.7. The molecule has 7 heteroatoms. The Morgan fingerprint density at radius 3 is 2.81 bits per heavy atom. The number of aliphatic carboxylic acids is 1. The van der Waals surface area contributed by atoms with E-state index in [1.54, 1.807) is 10.6 Å². The summed E-state index contributed by atoms with van der Waals surface area (Å²) < 4.78 is 1.67. The van der Waals surface area contributed by atoms with Gasteiger partial charge in [0.25, 0.3) is 5.56 Å². The fraction of sp³-hybridized carbons (Fsp3) is 0.500. The van der Waals surface area contributed by atoms with E-state index >= 15 is 0 Å². The van der Waals surface area contributed by atoms with E-state index in [2.05, 4.69) is 18.8 Å². The Kier molecular flexibility index (Phi) is 5.05. The van der Waals surface area contributed by atoms with Crippen LogP contribution in [-0.2, 0) is 4.79 Å². The predicted octanol–water partition coefficient (Wildman–Crippen LogP) is 3.24. The fourth-order valence-corrected chi connectivity index (χ4v) is 3.96. The molecule has 0 bridgehead atoms. The molecule has 21 heavy (non-hydrogen) atoms. The van der Waals surface area contributed by atoms with Crippen molar-refractivity contribution in [2.45, 2.75) is 38.4 Å². The first-order chi connectivity index (χ1) is 9.95. The number of hydrogen-bond donors (Lipinski definition) is 1. The van der Waals surface area contributed by atoms with E-state index in [1.165, 1.54) is 11.3 Å². The first-order valence-electron chi connectivity index (χ1n) is 6.80. The predicted molar refractivity (Wildman–Crippen MR) is 86.4 cm³/mol. The van der Waals surface area contributed by atoms with Gasteiger partial charge in [-0.05, 0) is 23.8 Å². The van der Waals surface area contributed by atoms with Gasteiger partial charge in [-0.15, -0.1) is 11.3 Å². The number of carboxylic acid groups (broad SMARTS) is 1. The number of carbonyl (C=O) groups is 1. The molecule has 0 aliphatic rings. The van der Waals surface area contributed by atoms with Crippen molar-refractivity contribution in [3.05, 3.63) is 21.8 Å². The molecule has 1 N–H and O–H groups in total. The second-order valence-electron chi connectivity index (χ2n) is 5.11. The third-order valence-corrected chi connectivity index (χ3v) is 5.09. The Bertz CT molecular complexity index is 706. The lowest BCUT2D eigenvalue weighted by atomic mass is 10.0. The molecular weight excluding hydrogens is 308 g/mol. The molecule has 0 aliphatic heterocycles. The molecule has 0 saturated heterocycles. The zero-order chi connectivity index (χ0) is 15.6.